The van der Waals surface area contributed by atoms with E-state index in [2.05, 4.69) is 0 Å². The summed E-state index contributed by atoms with van der Waals surface area (Å²) in [6, 6.07) is 7.84. The Labute approximate surface area is 163 Å². The lowest BCUT2D eigenvalue weighted by Gasteiger charge is -2.31. The van der Waals surface area contributed by atoms with Crippen LogP contribution in [0, 0.1) is 0 Å². The molecule has 3 rings (SSSR count). The lowest BCUT2D eigenvalue weighted by atomic mass is 10.0. The minimum atomic E-state index is -3.71. The molecular weight excluding hydrogens is 408 g/mol. The first-order valence-corrected chi connectivity index (χ1v) is 12.4. The van der Waals surface area contributed by atoms with E-state index in [1.807, 2.05) is 0 Å². The number of hydrogen-bond acceptors (Lipinski definition) is 6. The number of anilines is 1. The van der Waals surface area contributed by atoms with E-state index in [0.717, 1.165) is 27.5 Å². The second kappa shape index (κ2) is 7.34. The Morgan fingerprint density at radius 3 is 2.59 bits per heavy atom. The van der Waals surface area contributed by atoms with E-state index in [0.29, 0.717) is 25.1 Å². The molecule has 0 N–H and O–H groups in total. The zero-order valence-corrected chi connectivity index (χ0v) is 17.4. The molecule has 0 saturated carbocycles. The number of amides is 1. The molecule has 1 aliphatic rings. The van der Waals surface area contributed by atoms with Gasteiger partial charge in [0.25, 0.3) is 10.0 Å². The van der Waals surface area contributed by atoms with E-state index in [4.69, 9.17) is 0 Å². The molecule has 7 nitrogen and oxygen atoms in total. The molecule has 0 aliphatic carbocycles. The Morgan fingerprint density at radius 1 is 1.22 bits per heavy atom. The maximum absolute atomic E-state index is 12.8. The molecule has 0 atom stereocenters. The highest BCUT2D eigenvalue weighted by Gasteiger charge is 2.29. The van der Waals surface area contributed by atoms with E-state index in [-0.39, 0.29) is 21.6 Å². The predicted octanol–water partition coefficient (Wildman–Crippen LogP) is 1.75. The van der Waals surface area contributed by atoms with Crippen molar-refractivity contribution in [3.63, 3.8) is 0 Å². The zero-order chi connectivity index (χ0) is 19.8. The molecule has 0 spiro atoms. The van der Waals surface area contributed by atoms with Crippen molar-refractivity contribution >= 4 is 42.8 Å². The highest BCUT2D eigenvalue weighted by molar-refractivity contribution is 7.91. The average molecular weight is 429 g/mol. The van der Waals surface area contributed by atoms with Gasteiger partial charge in [-0.3, -0.25) is 4.79 Å². The quantitative estimate of drug-likeness (QED) is 0.724. The first-order valence-electron chi connectivity index (χ1n) is 8.24. The summed E-state index contributed by atoms with van der Waals surface area (Å²) in [7, 11) is -5.66. The van der Waals surface area contributed by atoms with Crippen molar-refractivity contribution in [3.8, 4) is 0 Å². The third kappa shape index (κ3) is 4.08. The van der Waals surface area contributed by atoms with Gasteiger partial charge in [0, 0.05) is 25.5 Å². The third-order valence-electron chi connectivity index (χ3n) is 4.42. The molecule has 0 unspecified atom stereocenters. The van der Waals surface area contributed by atoms with E-state index < -0.39 is 19.9 Å². The molecule has 2 aromatic rings. The number of rotatable bonds is 5. The lowest BCUT2D eigenvalue weighted by Crippen LogP contribution is -2.43. The number of fused-ring (bicyclic) bond motifs is 1. The van der Waals surface area contributed by atoms with Crippen molar-refractivity contribution in [3.05, 3.63) is 41.3 Å². The van der Waals surface area contributed by atoms with Crippen molar-refractivity contribution in [2.45, 2.75) is 21.9 Å². The third-order valence-corrected chi connectivity index (χ3v) is 8.70. The molecule has 1 aromatic carbocycles. The van der Waals surface area contributed by atoms with Crippen LogP contribution < -0.4 is 4.90 Å². The van der Waals surface area contributed by atoms with Gasteiger partial charge in [-0.1, -0.05) is 6.07 Å². The van der Waals surface area contributed by atoms with Gasteiger partial charge in [0.05, 0.1) is 11.4 Å². The topological polar surface area (TPSA) is 91.8 Å². The van der Waals surface area contributed by atoms with Crippen molar-refractivity contribution in [2.24, 2.45) is 0 Å². The fraction of sp³-hybridized carbons (Fsp3) is 0.353. The average Bonchev–Trinajstić information content (AvgIpc) is 3.15. The minimum Gasteiger partial charge on any atom is -0.311 e. The van der Waals surface area contributed by atoms with Crippen molar-refractivity contribution in [1.29, 1.82) is 0 Å². The SMILES string of the molecule is CN(CC(=O)N1CCCc2cc(S(C)(=O)=O)ccc21)S(=O)(=O)c1cccs1. The van der Waals surface area contributed by atoms with Gasteiger partial charge >= 0.3 is 0 Å². The Kier molecular flexibility index (Phi) is 5.44. The van der Waals surface area contributed by atoms with Gasteiger partial charge in [-0.2, -0.15) is 4.31 Å². The molecule has 0 saturated heterocycles. The summed E-state index contributed by atoms with van der Waals surface area (Å²) in [6.07, 6.45) is 2.50. The smallest absolute Gasteiger partial charge is 0.252 e. The number of likely N-dealkylation sites (N-methyl/N-ethyl adjacent to an activating group) is 1. The van der Waals surface area contributed by atoms with Crippen LogP contribution in [0.4, 0.5) is 5.69 Å². The van der Waals surface area contributed by atoms with Crippen LogP contribution in [0.3, 0.4) is 0 Å². The Hall–Kier alpha value is -1.75. The highest BCUT2D eigenvalue weighted by Crippen LogP contribution is 2.30. The Bertz CT molecular complexity index is 1060. The number of benzene rings is 1. The van der Waals surface area contributed by atoms with Crippen molar-refractivity contribution in [1.82, 2.24) is 4.31 Å². The summed E-state index contributed by atoms with van der Waals surface area (Å²) in [4.78, 5) is 14.5. The van der Waals surface area contributed by atoms with Crippen LogP contribution in [-0.4, -0.2) is 53.4 Å². The van der Waals surface area contributed by atoms with Crippen molar-refractivity contribution < 1.29 is 21.6 Å². The maximum atomic E-state index is 12.8. The molecule has 146 valence electrons. The van der Waals surface area contributed by atoms with Gasteiger partial charge in [0.1, 0.15) is 4.21 Å². The molecule has 0 bridgehead atoms. The maximum Gasteiger partial charge on any atom is 0.252 e. The highest BCUT2D eigenvalue weighted by atomic mass is 32.2. The minimum absolute atomic E-state index is 0.189. The second-order valence-corrected chi connectivity index (χ2v) is 11.6. The number of thiophene rings is 1. The van der Waals surface area contributed by atoms with E-state index in [1.165, 1.54) is 24.1 Å². The fourth-order valence-electron chi connectivity index (χ4n) is 2.99. The van der Waals surface area contributed by atoms with Gasteiger partial charge in [-0.05, 0) is 48.1 Å². The number of sulfone groups is 1. The number of carbonyl (C=O) groups is 1. The molecule has 0 fully saturated rings. The van der Waals surface area contributed by atoms with Crippen molar-refractivity contribution in [2.75, 3.05) is 31.3 Å². The first kappa shape index (κ1) is 20.0. The summed E-state index contributed by atoms with van der Waals surface area (Å²) >= 11 is 1.10. The number of sulfonamides is 1. The van der Waals surface area contributed by atoms with Crippen LogP contribution in [0.15, 0.2) is 44.8 Å². The van der Waals surface area contributed by atoms with E-state index in [9.17, 15) is 21.6 Å². The summed E-state index contributed by atoms with van der Waals surface area (Å²) in [5.74, 6) is -0.342. The van der Waals surface area contributed by atoms with Crippen LogP contribution in [0.5, 0.6) is 0 Å². The molecule has 0 radical (unpaired) electrons. The van der Waals surface area contributed by atoms with Crippen LogP contribution in [0.25, 0.3) is 0 Å². The van der Waals surface area contributed by atoms with Gasteiger partial charge < -0.3 is 4.90 Å². The Morgan fingerprint density at radius 2 is 1.96 bits per heavy atom. The molecular formula is C17H20N2O5S3. The summed E-state index contributed by atoms with van der Waals surface area (Å²) in [5, 5.41) is 1.67. The summed E-state index contributed by atoms with van der Waals surface area (Å²) in [5.41, 5.74) is 1.42. The standard InChI is InChI=1S/C17H20N2O5S3/c1-18(27(23,24)17-6-4-10-25-17)12-16(20)19-9-3-5-13-11-14(26(2,21)22)7-8-15(13)19/h4,6-8,10-11H,3,5,9,12H2,1-2H3. The molecule has 27 heavy (non-hydrogen) atoms. The van der Waals surface area contributed by atoms with Gasteiger partial charge in [0.2, 0.25) is 5.91 Å². The van der Waals surface area contributed by atoms with Crippen LogP contribution >= 0.6 is 11.3 Å². The molecule has 2 heterocycles. The van der Waals surface area contributed by atoms with E-state index in [1.54, 1.807) is 23.6 Å². The van der Waals surface area contributed by atoms with Crippen LogP contribution in [0.2, 0.25) is 0 Å². The number of aryl methyl sites for hydroxylation is 1. The van der Waals surface area contributed by atoms with Crippen LogP contribution in [0.1, 0.15) is 12.0 Å². The summed E-state index contributed by atoms with van der Waals surface area (Å²) in [6.45, 7) is 0.185. The number of nitrogens with zero attached hydrogens (tertiary/aromatic N) is 2. The van der Waals surface area contributed by atoms with E-state index >= 15 is 0 Å². The molecule has 10 heteroatoms. The predicted molar refractivity (Wildman–Crippen MR) is 104 cm³/mol. The number of hydrogen-bond donors (Lipinski definition) is 0. The molecule has 1 amide bonds. The first-order chi connectivity index (χ1) is 12.6. The molecule has 1 aromatic heterocycles. The van der Waals surface area contributed by atoms with Crippen LogP contribution in [-0.2, 0) is 31.1 Å². The van der Waals surface area contributed by atoms with Gasteiger partial charge in [0.15, 0.2) is 9.84 Å². The number of carbonyl (C=O) groups excluding carboxylic acids is 1. The second-order valence-electron chi connectivity index (χ2n) is 6.40. The van der Waals surface area contributed by atoms with Gasteiger partial charge in [-0.15, -0.1) is 11.3 Å². The van der Waals surface area contributed by atoms with Gasteiger partial charge in [-0.25, -0.2) is 16.8 Å². The lowest BCUT2D eigenvalue weighted by molar-refractivity contribution is -0.118. The fourth-order valence-corrected chi connectivity index (χ4v) is 5.98. The zero-order valence-electron chi connectivity index (χ0n) is 15.0. The summed E-state index contributed by atoms with van der Waals surface area (Å²) < 4.78 is 49.8. The largest absolute Gasteiger partial charge is 0.311 e. The normalized spacial score (nSPS) is 15.0. The monoisotopic (exact) mass is 428 g/mol. The Balaban J connectivity index is 1.83. The molecule has 1 aliphatic heterocycles.